The first-order chi connectivity index (χ1) is 9.67. The van der Waals surface area contributed by atoms with Gasteiger partial charge < -0.3 is 10.1 Å². The molecule has 2 aliphatic heterocycles. The van der Waals surface area contributed by atoms with E-state index >= 15 is 0 Å². The molecule has 0 aromatic heterocycles. The Hall–Kier alpha value is -1.55. The summed E-state index contributed by atoms with van der Waals surface area (Å²) in [5, 5.41) is 3.32. The zero-order chi connectivity index (χ0) is 14.0. The second kappa shape index (κ2) is 5.44. The van der Waals surface area contributed by atoms with Crippen LogP contribution in [-0.4, -0.2) is 42.8 Å². The fourth-order valence-electron chi connectivity index (χ4n) is 3.03. The highest BCUT2D eigenvalue weighted by molar-refractivity contribution is 5.71. The second-order valence-corrected chi connectivity index (χ2v) is 6.00. The third kappa shape index (κ3) is 2.80. The van der Waals surface area contributed by atoms with Gasteiger partial charge in [-0.1, -0.05) is 37.3 Å². The molecule has 3 rings (SSSR count). The summed E-state index contributed by atoms with van der Waals surface area (Å²) in [5.74, 6) is 0.449. The fraction of sp³-hybridized carbons (Fsp3) is 0.562. The van der Waals surface area contributed by atoms with Crippen LogP contribution in [0.2, 0.25) is 0 Å². The minimum absolute atomic E-state index is 0.164. The Morgan fingerprint density at radius 3 is 3.00 bits per heavy atom. The van der Waals surface area contributed by atoms with E-state index in [0.29, 0.717) is 12.5 Å². The Bertz CT molecular complexity index is 473. The van der Waals surface area contributed by atoms with Crippen molar-refractivity contribution in [2.24, 2.45) is 5.92 Å². The normalized spacial score (nSPS) is 28.4. The maximum absolute atomic E-state index is 12.1. The number of allylic oxidation sites excluding steroid dienone is 4. The maximum atomic E-state index is 12.1. The van der Waals surface area contributed by atoms with E-state index in [1.165, 1.54) is 0 Å². The van der Waals surface area contributed by atoms with Gasteiger partial charge in [-0.05, 0) is 24.6 Å². The molecule has 1 aliphatic carbocycles. The molecule has 1 spiro atoms. The lowest BCUT2D eigenvalue weighted by atomic mass is 9.92. The number of carbonyl (C=O) groups is 1. The molecule has 108 valence electrons. The molecule has 0 aromatic rings. The molecule has 1 unspecified atom stereocenters. The lowest BCUT2D eigenvalue weighted by Gasteiger charge is -2.31. The monoisotopic (exact) mass is 274 g/mol. The molecule has 0 bridgehead atoms. The van der Waals surface area contributed by atoms with Crippen molar-refractivity contribution in [2.75, 3.05) is 26.2 Å². The summed E-state index contributed by atoms with van der Waals surface area (Å²) in [7, 11) is 0. The van der Waals surface area contributed by atoms with Gasteiger partial charge in [-0.25, -0.2) is 4.79 Å². The molecule has 2 saturated heterocycles. The largest absolute Gasteiger partial charge is 0.441 e. The summed E-state index contributed by atoms with van der Waals surface area (Å²) in [4.78, 5) is 13.9. The maximum Gasteiger partial charge on any atom is 0.410 e. The van der Waals surface area contributed by atoms with Crippen molar-refractivity contribution in [3.63, 3.8) is 0 Å². The van der Waals surface area contributed by atoms with E-state index in [1.807, 2.05) is 4.90 Å². The topological polar surface area (TPSA) is 41.6 Å². The summed E-state index contributed by atoms with van der Waals surface area (Å²) in [5.41, 5.74) is 0.911. The van der Waals surface area contributed by atoms with Crippen LogP contribution in [0.1, 0.15) is 19.8 Å². The summed E-state index contributed by atoms with van der Waals surface area (Å²) in [6, 6.07) is 0. The molecule has 1 amide bonds. The third-order valence-electron chi connectivity index (χ3n) is 4.27. The standard InChI is InChI=1S/C16H22N2O2/c1-13-3-2-4-14(6-5-13)11-18-12-16(20-15(18)19)7-9-17-10-8-16/h2-6,13,17H,7-12H2,1H3. The molecule has 0 radical (unpaired) electrons. The van der Waals surface area contributed by atoms with Crippen molar-refractivity contribution in [1.82, 2.24) is 10.2 Å². The summed E-state index contributed by atoms with van der Waals surface area (Å²) >= 11 is 0. The molecular weight excluding hydrogens is 252 g/mol. The molecule has 4 nitrogen and oxygen atoms in total. The van der Waals surface area contributed by atoms with Gasteiger partial charge >= 0.3 is 6.09 Å². The van der Waals surface area contributed by atoms with E-state index in [9.17, 15) is 4.79 Å². The van der Waals surface area contributed by atoms with Crippen molar-refractivity contribution < 1.29 is 9.53 Å². The number of piperidine rings is 1. The first kappa shape index (κ1) is 13.4. The van der Waals surface area contributed by atoms with Gasteiger partial charge in [-0.3, -0.25) is 4.90 Å². The van der Waals surface area contributed by atoms with Crippen LogP contribution < -0.4 is 5.32 Å². The van der Waals surface area contributed by atoms with E-state index in [4.69, 9.17) is 4.74 Å². The lowest BCUT2D eigenvalue weighted by molar-refractivity contribution is 0.0316. The van der Waals surface area contributed by atoms with Gasteiger partial charge in [0.2, 0.25) is 0 Å². The van der Waals surface area contributed by atoms with Crippen LogP contribution in [0.4, 0.5) is 4.79 Å². The van der Waals surface area contributed by atoms with Crippen molar-refractivity contribution in [1.29, 1.82) is 0 Å². The number of rotatable bonds is 2. The van der Waals surface area contributed by atoms with Crippen LogP contribution in [0.3, 0.4) is 0 Å². The second-order valence-electron chi connectivity index (χ2n) is 6.00. The van der Waals surface area contributed by atoms with Crippen LogP contribution in [-0.2, 0) is 4.74 Å². The minimum atomic E-state index is -0.250. The summed E-state index contributed by atoms with van der Waals surface area (Å²) < 4.78 is 5.67. The van der Waals surface area contributed by atoms with Gasteiger partial charge in [0, 0.05) is 19.4 Å². The highest BCUT2D eigenvalue weighted by atomic mass is 16.6. The predicted octanol–water partition coefficient (Wildman–Crippen LogP) is 2.25. The number of nitrogens with one attached hydrogen (secondary N) is 1. The fourth-order valence-corrected chi connectivity index (χ4v) is 3.03. The van der Waals surface area contributed by atoms with Gasteiger partial charge in [0.15, 0.2) is 0 Å². The van der Waals surface area contributed by atoms with E-state index in [-0.39, 0.29) is 11.7 Å². The molecule has 1 atom stereocenters. The molecule has 3 aliphatic rings. The highest BCUT2D eigenvalue weighted by Gasteiger charge is 2.45. The highest BCUT2D eigenvalue weighted by Crippen LogP contribution is 2.31. The first-order valence-electron chi connectivity index (χ1n) is 7.41. The molecule has 20 heavy (non-hydrogen) atoms. The third-order valence-corrected chi connectivity index (χ3v) is 4.27. The van der Waals surface area contributed by atoms with Crippen LogP contribution in [0.25, 0.3) is 0 Å². The van der Waals surface area contributed by atoms with Crippen molar-refractivity contribution in [3.05, 3.63) is 36.0 Å². The zero-order valence-electron chi connectivity index (χ0n) is 12.0. The van der Waals surface area contributed by atoms with Gasteiger partial charge in [0.05, 0.1) is 6.54 Å². The van der Waals surface area contributed by atoms with Crippen LogP contribution in [0.5, 0.6) is 0 Å². The number of carbonyl (C=O) groups excluding carboxylic acids is 1. The lowest BCUT2D eigenvalue weighted by Crippen LogP contribution is -2.45. The van der Waals surface area contributed by atoms with E-state index < -0.39 is 0 Å². The number of hydrogen-bond donors (Lipinski definition) is 1. The number of ether oxygens (including phenoxy) is 1. The summed E-state index contributed by atoms with van der Waals surface area (Å²) in [6.07, 6.45) is 12.3. The zero-order valence-corrected chi connectivity index (χ0v) is 12.0. The van der Waals surface area contributed by atoms with Crippen molar-refractivity contribution in [2.45, 2.75) is 25.4 Å². The van der Waals surface area contributed by atoms with E-state index in [2.05, 4.69) is 42.6 Å². The van der Waals surface area contributed by atoms with Gasteiger partial charge in [0.1, 0.15) is 5.60 Å². The molecule has 2 heterocycles. The van der Waals surface area contributed by atoms with Crippen LogP contribution >= 0.6 is 0 Å². The Morgan fingerprint density at radius 1 is 1.40 bits per heavy atom. The molecule has 1 N–H and O–H groups in total. The molecular formula is C16H22N2O2. The molecule has 0 saturated carbocycles. The molecule has 4 heteroatoms. The first-order valence-corrected chi connectivity index (χ1v) is 7.41. The SMILES string of the molecule is CC1C=CC=C(CN2CC3(CCNCC3)OC2=O)C=C1. The Labute approximate surface area is 120 Å². The van der Waals surface area contributed by atoms with Crippen LogP contribution in [0, 0.1) is 5.92 Å². The smallest absolute Gasteiger partial charge is 0.410 e. The molecule has 2 fully saturated rings. The van der Waals surface area contributed by atoms with Crippen molar-refractivity contribution >= 4 is 6.09 Å². The van der Waals surface area contributed by atoms with Crippen LogP contribution in [0.15, 0.2) is 36.0 Å². The van der Waals surface area contributed by atoms with Gasteiger partial charge in [-0.15, -0.1) is 0 Å². The Balaban J connectivity index is 1.66. The number of amides is 1. The summed E-state index contributed by atoms with van der Waals surface area (Å²) in [6.45, 7) is 5.38. The average Bonchev–Trinajstić information content (AvgIpc) is 2.60. The Morgan fingerprint density at radius 2 is 2.20 bits per heavy atom. The molecule has 0 aromatic carbocycles. The van der Waals surface area contributed by atoms with E-state index in [0.717, 1.165) is 38.0 Å². The van der Waals surface area contributed by atoms with Gasteiger partial charge in [-0.2, -0.15) is 0 Å². The minimum Gasteiger partial charge on any atom is -0.441 e. The van der Waals surface area contributed by atoms with Gasteiger partial charge in [0.25, 0.3) is 0 Å². The Kier molecular flexibility index (Phi) is 3.66. The quantitative estimate of drug-likeness (QED) is 0.839. The predicted molar refractivity (Wildman–Crippen MR) is 78.4 cm³/mol. The number of nitrogens with zero attached hydrogens (tertiary/aromatic N) is 1. The van der Waals surface area contributed by atoms with Crippen molar-refractivity contribution in [3.8, 4) is 0 Å². The average molecular weight is 274 g/mol. The van der Waals surface area contributed by atoms with E-state index in [1.54, 1.807) is 0 Å². The number of hydrogen-bond acceptors (Lipinski definition) is 3.